The largest absolute Gasteiger partial charge is 0.463 e. The van der Waals surface area contributed by atoms with Crippen molar-refractivity contribution in [2.45, 2.75) is 297 Å². The summed E-state index contributed by atoms with van der Waals surface area (Å²) >= 11 is 0. The zero-order valence-corrected chi connectivity index (χ0v) is 45.4. The summed E-state index contributed by atoms with van der Waals surface area (Å²) in [6.45, 7) is 7.61. The fourth-order valence-electron chi connectivity index (χ4n) is 8.33. The topological polar surface area (TPSA) is 61.8 Å². The van der Waals surface area contributed by atoms with E-state index in [1.165, 1.54) is 173 Å². The number of carbonyl (C=O) groups is 2. The van der Waals surface area contributed by atoms with Crippen LogP contribution < -0.4 is 0 Å². The van der Waals surface area contributed by atoms with Crippen LogP contribution in [0.4, 0.5) is 0 Å². The van der Waals surface area contributed by atoms with Gasteiger partial charge in [-0.3, -0.25) is 9.59 Å². The molecule has 394 valence electrons. The third-order valence-corrected chi connectivity index (χ3v) is 12.8. The lowest BCUT2D eigenvalue weighted by molar-refractivity contribution is -0.155. The number of esters is 2. The van der Waals surface area contributed by atoms with Gasteiger partial charge in [-0.1, -0.05) is 261 Å². The van der Waals surface area contributed by atoms with Gasteiger partial charge in [-0.15, -0.1) is 0 Å². The summed E-state index contributed by atoms with van der Waals surface area (Å²) < 4.78 is 17.5. The molecule has 0 N–H and O–H groups in total. The van der Waals surface area contributed by atoms with E-state index in [2.05, 4.69) is 93.7 Å². The van der Waals surface area contributed by atoms with E-state index in [9.17, 15) is 9.59 Å². The summed E-state index contributed by atoms with van der Waals surface area (Å²) in [4.78, 5) is 25.3. The third kappa shape index (κ3) is 55.9. The van der Waals surface area contributed by atoms with Gasteiger partial charge in [0.2, 0.25) is 0 Å². The Kier molecular flexibility index (Phi) is 56.4. The number of allylic oxidation sites excluding steroid dienone is 12. The van der Waals surface area contributed by atoms with E-state index in [0.717, 1.165) is 83.5 Å². The van der Waals surface area contributed by atoms with E-state index in [1.54, 1.807) is 0 Å². The SMILES string of the molecule is CC/C=C\C/C=C\C/C=C\C/C=C\C/C=C\CCCCCC(=O)OC[C@H](COC(=O)CCCCCCCCC/C=C\CCCCCCCC)OCCCCCCCCCCCCCCCCCC. The monoisotopic (exact) mass is 949 g/mol. The molecule has 0 rings (SSSR count). The molecule has 0 radical (unpaired) electrons. The van der Waals surface area contributed by atoms with Crippen molar-refractivity contribution < 1.29 is 23.8 Å². The molecule has 0 fully saturated rings. The van der Waals surface area contributed by atoms with Crippen LogP contribution in [0.25, 0.3) is 0 Å². The molecular weight excluding hydrogens is 837 g/mol. The molecule has 1 atom stereocenters. The summed E-state index contributed by atoms with van der Waals surface area (Å²) in [7, 11) is 0. The van der Waals surface area contributed by atoms with E-state index in [0.29, 0.717) is 19.4 Å². The third-order valence-electron chi connectivity index (χ3n) is 12.8. The second kappa shape index (κ2) is 58.7. The Morgan fingerprint density at radius 3 is 0.971 bits per heavy atom. The van der Waals surface area contributed by atoms with Gasteiger partial charge in [-0.25, -0.2) is 0 Å². The van der Waals surface area contributed by atoms with Crippen molar-refractivity contribution in [1.82, 2.24) is 0 Å². The van der Waals surface area contributed by atoms with Crippen molar-refractivity contribution in [3.05, 3.63) is 72.9 Å². The fraction of sp³-hybridized carbons (Fsp3) is 0.778. The summed E-state index contributed by atoms with van der Waals surface area (Å²) in [6.07, 6.45) is 76.6. The molecule has 0 bridgehead atoms. The number of unbranched alkanes of at least 4 members (excludes halogenated alkanes) is 31. The molecule has 0 aliphatic heterocycles. The Balaban J connectivity index is 4.32. The number of hydrogen-bond acceptors (Lipinski definition) is 5. The molecule has 0 aromatic carbocycles. The first-order chi connectivity index (χ1) is 33.6. The Morgan fingerprint density at radius 2 is 0.603 bits per heavy atom. The van der Waals surface area contributed by atoms with E-state index < -0.39 is 6.10 Å². The molecule has 0 aliphatic rings. The Hall–Kier alpha value is -2.66. The second-order valence-electron chi connectivity index (χ2n) is 19.5. The molecule has 0 aliphatic carbocycles. The highest BCUT2D eigenvalue weighted by Crippen LogP contribution is 2.16. The smallest absolute Gasteiger partial charge is 0.305 e. The van der Waals surface area contributed by atoms with Crippen LogP contribution >= 0.6 is 0 Å². The predicted octanol–water partition coefficient (Wildman–Crippen LogP) is 20.2. The number of carbonyl (C=O) groups excluding carboxylic acids is 2. The van der Waals surface area contributed by atoms with Gasteiger partial charge < -0.3 is 14.2 Å². The minimum atomic E-state index is -0.417. The quantitative estimate of drug-likeness (QED) is 0.0345. The zero-order chi connectivity index (χ0) is 49.2. The van der Waals surface area contributed by atoms with Crippen LogP contribution in [0.3, 0.4) is 0 Å². The van der Waals surface area contributed by atoms with Crippen LogP contribution in [0.15, 0.2) is 72.9 Å². The van der Waals surface area contributed by atoms with Crippen molar-refractivity contribution in [2.75, 3.05) is 19.8 Å². The van der Waals surface area contributed by atoms with Crippen molar-refractivity contribution in [1.29, 1.82) is 0 Å². The highest BCUT2D eigenvalue weighted by molar-refractivity contribution is 5.69. The van der Waals surface area contributed by atoms with E-state index >= 15 is 0 Å². The van der Waals surface area contributed by atoms with Crippen LogP contribution in [0.2, 0.25) is 0 Å². The van der Waals surface area contributed by atoms with E-state index in [4.69, 9.17) is 14.2 Å². The molecule has 0 aromatic rings. The highest BCUT2D eigenvalue weighted by Gasteiger charge is 2.16. The van der Waals surface area contributed by atoms with Crippen molar-refractivity contribution in [3.8, 4) is 0 Å². The van der Waals surface area contributed by atoms with Gasteiger partial charge in [-0.05, 0) is 89.9 Å². The van der Waals surface area contributed by atoms with Crippen LogP contribution in [0.5, 0.6) is 0 Å². The zero-order valence-electron chi connectivity index (χ0n) is 45.4. The van der Waals surface area contributed by atoms with Crippen molar-refractivity contribution in [2.24, 2.45) is 0 Å². The lowest BCUT2D eigenvalue weighted by Crippen LogP contribution is -2.29. The number of ether oxygens (including phenoxy) is 3. The predicted molar refractivity (Wildman–Crippen MR) is 297 cm³/mol. The molecule has 0 heterocycles. The molecule has 0 saturated carbocycles. The first-order valence-electron chi connectivity index (χ1n) is 29.5. The van der Waals surface area contributed by atoms with Crippen molar-refractivity contribution >= 4 is 11.9 Å². The average Bonchev–Trinajstić information content (AvgIpc) is 3.34. The van der Waals surface area contributed by atoms with Gasteiger partial charge >= 0.3 is 11.9 Å². The molecular formula is C63H112O5. The molecule has 68 heavy (non-hydrogen) atoms. The van der Waals surface area contributed by atoms with Crippen LogP contribution in [0, 0.1) is 0 Å². The molecule has 0 amide bonds. The van der Waals surface area contributed by atoms with Crippen LogP contribution in [-0.4, -0.2) is 37.9 Å². The van der Waals surface area contributed by atoms with Gasteiger partial charge in [0, 0.05) is 19.4 Å². The van der Waals surface area contributed by atoms with Gasteiger partial charge in [0.15, 0.2) is 0 Å². The molecule has 5 heteroatoms. The summed E-state index contributed by atoms with van der Waals surface area (Å²) in [5.41, 5.74) is 0. The van der Waals surface area contributed by atoms with Gasteiger partial charge in [-0.2, -0.15) is 0 Å². The van der Waals surface area contributed by atoms with Gasteiger partial charge in [0.1, 0.15) is 19.3 Å². The normalized spacial score (nSPS) is 12.7. The van der Waals surface area contributed by atoms with E-state index in [-0.39, 0.29) is 25.2 Å². The highest BCUT2D eigenvalue weighted by atomic mass is 16.6. The molecule has 0 unspecified atom stereocenters. The lowest BCUT2D eigenvalue weighted by atomic mass is 10.0. The van der Waals surface area contributed by atoms with Gasteiger partial charge in [0.05, 0.1) is 0 Å². The minimum absolute atomic E-state index is 0.139. The Morgan fingerprint density at radius 1 is 0.324 bits per heavy atom. The standard InChI is InChI=1S/C63H112O5/c1-4-7-10-13-16-19-22-25-28-31-32-34-36-39-42-45-48-51-54-57-63(65)68-60-61(66-58-55-52-49-46-43-40-37-30-27-24-21-18-15-12-9-6-3)59-67-62(64)56-53-50-47-44-41-38-35-33-29-26-23-20-17-14-11-8-5-2/h7,10,16,19,25-26,28-29,32,34,39,42,61H,4-6,8-9,11-15,17-18,20-24,27,30-31,33,35-38,40-41,43-60H2,1-3H3/b10-7-,19-16-,28-25-,29-26-,34-32-,42-39-/t61-/m0/s1. The van der Waals surface area contributed by atoms with Crippen molar-refractivity contribution in [3.63, 3.8) is 0 Å². The molecule has 0 aromatic heterocycles. The summed E-state index contributed by atoms with van der Waals surface area (Å²) in [5.74, 6) is -0.366. The maximum atomic E-state index is 12.7. The van der Waals surface area contributed by atoms with Crippen LogP contribution in [0.1, 0.15) is 290 Å². The summed E-state index contributed by atoms with van der Waals surface area (Å²) in [5, 5.41) is 0. The molecule has 5 nitrogen and oxygen atoms in total. The second-order valence-corrected chi connectivity index (χ2v) is 19.5. The fourth-order valence-corrected chi connectivity index (χ4v) is 8.33. The first-order valence-corrected chi connectivity index (χ1v) is 29.5. The molecule has 0 saturated heterocycles. The first kappa shape index (κ1) is 65.3. The maximum absolute atomic E-state index is 12.7. The average molecular weight is 950 g/mol. The van der Waals surface area contributed by atoms with Gasteiger partial charge in [0.25, 0.3) is 0 Å². The number of rotatable bonds is 54. The molecule has 0 spiro atoms. The minimum Gasteiger partial charge on any atom is -0.463 e. The van der Waals surface area contributed by atoms with Crippen LogP contribution in [-0.2, 0) is 23.8 Å². The Bertz CT molecular complexity index is 1210. The maximum Gasteiger partial charge on any atom is 0.305 e. The lowest BCUT2D eigenvalue weighted by Gasteiger charge is -2.18. The van der Waals surface area contributed by atoms with E-state index in [1.807, 2.05) is 0 Å². The summed E-state index contributed by atoms with van der Waals surface area (Å²) in [6, 6.07) is 0. The number of hydrogen-bond donors (Lipinski definition) is 0. The Labute approximate surface area is 423 Å².